The van der Waals surface area contributed by atoms with Gasteiger partial charge in [0.2, 0.25) is 0 Å². The summed E-state index contributed by atoms with van der Waals surface area (Å²) >= 11 is 19.8. The van der Waals surface area contributed by atoms with Gasteiger partial charge in [0.25, 0.3) is 11.1 Å². The smallest absolute Gasteiger partial charge is 0.293 e. The summed E-state index contributed by atoms with van der Waals surface area (Å²) < 4.78 is 7.53. The SMILES string of the molecule is O=C1S/C(=C\c2ccc(OCc3ccc(Cl)c(Cl)c3)c(Br)c2)C(=O)N1Cc1ccc(Br)cc1. The van der Waals surface area contributed by atoms with Gasteiger partial charge in [0.15, 0.2) is 0 Å². The number of imide groups is 1. The molecule has 0 N–H and O–H groups in total. The Labute approximate surface area is 222 Å². The molecule has 2 amide bonds. The molecule has 1 heterocycles. The maximum Gasteiger partial charge on any atom is 0.293 e. The van der Waals surface area contributed by atoms with E-state index in [1.807, 2.05) is 42.5 Å². The van der Waals surface area contributed by atoms with Crippen molar-refractivity contribution in [3.8, 4) is 5.75 Å². The molecule has 1 fully saturated rings. The number of thioether (sulfide) groups is 1. The van der Waals surface area contributed by atoms with Gasteiger partial charge in [0.05, 0.1) is 26.0 Å². The van der Waals surface area contributed by atoms with E-state index in [0.717, 1.165) is 37.4 Å². The Balaban J connectivity index is 1.44. The molecule has 33 heavy (non-hydrogen) atoms. The largest absolute Gasteiger partial charge is 0.488 e. The van der Waals surface area contributed by atoms with E-state index >= 15 is 0 Å². The lowest BCUT2D eigenvalue weighted by Gasteiger charge is -2.12. The number of amides is 2. The number of hydrogen-bond donors (Lipinski definition) is 0. The van der Waals surface area contributed by atoms with Crippen LogP contribution < -0.4 is 4.74 Å². The van der Waals surface area contributed by atoms with Crippen molar-refractivity contribution < 1.29 is 14.3 Å². The van der Waals surface area contributed by atoms with E-state index < -0.39 is 0 Å². The zero-order chi connectivity index (χ0) is 23.5. The highest BCUT2D eigenvalue weighted by Gasteiger charge is 2.35. The normalized spacial score (nSPS) is 14.9. The molecule has 4 nitrogen and oxygen atoms in total. The second kappa shape index (κ2) is 10.7. The number of carbonyl (C=O) groups excluding carboxylic acids is 2. The van der Waals surface area contributed by atoms with E-state index in [9.17, 15) is 9.59 Å². The first-order valence-corrected chi connectivity index (χ1v) is 12.8. The molecule has 1 aliphatic heterocycles. The van der Waals surface area contributed by atoms with Gasteiger partial charge in [-0.3, -0.25) is 14.5 Å². The fourth-order valence-corrected chi connectivity index (χ4v) is 5.01. The van der Waals surface area contributed by atoms with E-state index in [1.54, 1.807) is 24.3 Å². The predicted octanol–water partition coefficient (Wildman–Crippen LogP) is 8.33. The Morgan fingerprint density at radius 2 is 1.64 bits per heavy atom. The van der Waals surface area contributed by atoms with Crippen molar-refractivity contribution in [1.29, 1.82) is 0 Å². The number of carbonyl (C=O) groups is 2. The number of ether oxygens (including phenoxy) is 1. The van der Waals surface area contributed by atoms with Crippen LogP contribution in [0.3, 0.4) is 0 Å². The first kappa shape index (κ1) is 24.4. The number of nitrogens with zero attached hydrogens (tertiary/aromatic N) is 1. The molecule has 0 atom stereocenters. The standard InChI is InChI=1S/C24H15Br2Cl2NO3S/c25-17-5-1-14(2-6-17)12-29-23(30)22(33-24(29)31)11-15-4-8-21(18(26)9-15)32-13-16-3-7-19(27)20(28)10-16/h1-11H,12-13H2/b22-11-. The van der Waals surface area contributed by atoms with Crippen molar-refractivity contribution in [2.75, 3.05) is 0 Å². The summed E-state index contributed by atoms with van der Waals surface area (Å²) in [5.74, 6) is 0.338. The van der Waals surface area contributed by atoms with Crippen molar-refractivity contribution in [3.63, 3.8) is 0 Å². The molecule has 168 valence electrons. The van der Waals surface area contributed by atoms with E-state index in [1.165, 1.54) is 4.90 Å². The van der Waals surface area contributed by atoms with Crippen LogP contribution >= 0.6 is 66.8 Å². The molecule has 3 aromatic rings. The third-order valence-corrected chi connectivity index (χ3v) is 7.55. The lowest BCUT2D eigenvalue weighted by molar-refractivity contribution is -0.123. The summed E-state index contributed by atoms with van der Waals surface area (Å²) in [5, 5.41) is 0.684. The maximum absolute atomic E-state index is 12.8. The Bertz CT molecular complexity index is 1270. The molecule has 0 radical (unpaired) electrons. The van der Waals surface area contributed by atoms with E-state index in [-0.39, 0.29) is 17.7 Å². The molecular weight excluding hydrogens is 613 g/mol. The topological polar surface area (TPSA) is 46.6 Å². The minimum Gasteiger partial charge on any atom is -0.488 e. The first-order valence-electron chi connectivity index (χ1n) is 9.66. The van der Waals surface area contributed by atoms with Crippen molar-refractivity contribution >= 4 is 84.0 Å². The second-order valence-corrected chi connectivity index (χ2v) is 10.7. The van der Waals surface area contributed by atoms with Gasteiger partial charge in [-0.1, -0.05) is 63.4 Å². The average Bonchev–Trinajstić information content (AvgIpc) is 3.04. The molecule has 0 spiro atoms. The van der Waals surface area contributed by atoms with Crippen LogP contribution in [0, 0.1) is 0 Å². The van der Waals surface area contributed by atoms with Gasteiger partial charge in [-0.15, -0.1) is 0 Å². The number of rotatable bonds is 6. The summed E-state index contributed by atoms with van der Waals surface area (Å²) in [7, 11) is 0. The zero-order valence-corrected chi connectivity index (χ0v) is 22.4. The summed E-state index contributed by atoms with van der Waals surface area (Å²) in [6, 6.07) is 18.3. The fraction of sp³-hybridized carbons (Fsp3) is 0.0833. The lowest BCUT2D eigenvalue weighted by Crippen LogP contribution is -2.27. The maximum atomic E-state index is 12.8. The van der Waals surface area contributed by atoms with Gasteiger partial charge in [0, 0.05) is 4.47 Å². The van der Waals surface area contributed by atoms with Gasteiger partial charge >= 0.3 is 0 Å². The van der Waals surface area contributed by atoms with E-state index in [4.69, 9.17) is 27.9 Å². The monoisotopic (exact) mass is 625 g/mol. The Hall–Kier alpha value is -1.77. The van der Waals surface area contributed by atoms with Crippen LogP contribution in [0.15, 0.2) is 74.5 Å². The molecule has 1 saturated heterocycles. The molecule has 0 aliphatic carbocycles. The third-order valence-electron chi connectivity index (χ3n) is 4.76. The Kier molecular flexibility index (Phi) is 7.87. The molecular formula is C24H15Br2Cl2NO3S. The second-order valence-electron chi connectivity index (χ2n) is 7.12. The molecule has 0 saturated carbocycles. The van der Waals surface area contributed by atoms with Crippen LogP contribution in [0.1, 0.15) is 16.7 Å². The molecule has 3 aromatic carbocycles. The van der Waals surface area contributed by atoms with Crippen LogP contribution in [-0.4, -0.2) is 16.0 Å². The number of halogens is 4. The van der Waals surface area contributed by atoms with Crippen molar-refractivity contribution in [1.82, 2.24) is 4.90 Å². The number of hydrogen-bond acceptors (Lipinski definition) is 4. The summed E-state index contributed by atoms with van der Waals surface area (Å²) in [6.07, 6.45) is 1.71. The molecule has 0 bridgehead atoms. The van der Waals surface area contributed by atoms with Crippen LogP contribution in [0.4, 0.5) is 4.79 Å². The fourth-order valence-electron chi connectivity index (χ4n) is 3.07. The van der Waals surface area contributed by atoms with Crippen LogP contribution in [0.5, 0.6) is 5.75 Å². The highest BCUT2D eigenvalue weighted by Crippen LogP contribution is 2.35. The highest BCUT2D eigenvalue weighted by molar-refractivity contribution is 9.10. The van der Waals surface area contributed by atoms with Gasteiger partial charge in [-0.05, 0) is 86.9 Å². The molecule has 0 unspecified atom stereocenters. The first-order chi connectivity index (χ1) is 15.8. The van der Waals surface area contributed by atoms with Crippen LogP contribution in [0.2, 0.25) is 10.0 Å². The Morgan fingerprint density at radius 1 is 0.909 bits per heavy atom. The van der Waals surface area contributed by atoms with Gasteiger partial charge in [-0.2, -0.15) is 0 Å². The minimum atomic E-state index is -0.302. The Morgan fingerprint density at radius 3 is 2.33 bits per heavy atom. The third kappa shape index (κ3) is 6.03. The lowest BCUT2D eigenvalue weighted by atomic mass is 10.2. The summed E-state index contributed by atoms with van der Waals surface area (Å²) in [5.41, 5.74) is 2.55. The van der Waals surface area contributed by atoms with Crippen molar-refractivity contribution in [3.05, 3.63) is 101 Å². The van der Waals surface area contributed by atoms with Crippen molar-refractivity contribution in [2.45, 2.75) is 13.2 Å². The van der Waals surface area contributed by atoms with Gasteiger partial charge in [0.1, 0.15) is 12.4 Å². The van der Waals surface area contributed by atoms with Crippen LogP contribution in [0.25, 0.3) is 6.08 Å². The average molecular weight is 628 g/mol. The zero-order valence-electron chi connectivity index (χ0n) is 16.9. The molecule has 0 aromatic heterocycles. The molecule has 4 rings (SSSR count). The van der Waals surface area contributed by atoms with Crippen LogP contribution in [-0.2, 0) is 17.9 Å². The number of benzene rings is 3. The quantitative estimate of drug-likeness (QED) is 0.258. The predicted molar refractivity (Wildman–Crippen MR) is 141 cm³/mol. The van der Waals surface area contributed by atoms with Gasteiger partial charge < -0.3 is 4.74 Å². The summed E-state index contributed by atoms with van der Waals surface area (Å²) in [4.78, 5) is 26.9. The van der Waals surface area contributed by atoms with E-state index in [2.05, 4.69) is 31.9 Å². The van der Waals surface area contributed by atoms with E-state index in [0.29, 0.717) is 27.3 Å². The minimum absolute atomic E-state index is 0.237. The molecule has 9 heteroatoms. The van der Waals surface area contributed by atoms with Crippen molar-refractivity contribution in [2.24, 2.45) is 0 Å². The summed E-state index contributed by atoms with van der Waals surface area (Å²) in [6.45, 7) is 0.560. The molecule has 1 aliphatic rings. The highest BCUT2D eigenvalue weighted by atomic mass is 79.9. The van der Waals surface area contributed by atoms with Gasteiger partial charge in [-0.25, -0.2) is 0 Å².